The lowest BCUT2D eigenvalue weighted by Gasteiger charge is -2.48. The third-order valence-corrected chi connectivity index (χ3v) is 6.12. The maximum atomic E-state index is 12.3. The summed E-state index contributed by atoms with van der Waals surface area (Å²) in [6.07, 6.45) is 12.4. The van der Waals surface area contributed by atoms with Gasteiger partial charge in [-0.1, -0.05) is 25.1 Å². The molecule has 2 aliphatic rings. The number of nitrogens with zero attached hydrogens (tertiary/aromatic N) is 4. The van der Waals surface area contributed by atoms with Gasteiger partial charge < -0.3 is 4.90 Å². The van der Waals surface area contributed by atoms with Gasteiger partial charge in [-0.25, -0.2) is 9.97 Å². The van der Waals surface area contributed by atoms with E-state index in [9.17, 15) is 4.79 Å². The molecule has 1 atom stereocenters. The van der Waals surface area contributed by atoms with E-state index in [1.165, 1.54) is 18.4 Å². The molecule has 1 amide bonds. The first kappa shape index (κ1) is 18.6. The molecule has 3 rings (SSSR count). The maximum Gasteiger partial charge on any atom is 0.222 e. The molecule has 3 heterocycles. The molecule has 0 unspecified atom stereocenters. The Balaban J connectivity index is 1.62. The largest absolute Gasteiger partial charge is 0.342 e. The molecule has 0 aromatic carbocycles. The van der Waals surface area contributed by atoms with Crippen LogP contribution in [0, 0.1) is 5.41 Å². The van der Waals surface area contributed by atoms with Crippen LogP contribution in [0.2, 0.25) is 0 Å². The first-order chi connectivity index (χ1) is 12.1. The van der Waals surface area contributed by atoms with Crippen molar-refractivity contribution in [1.29, 1.82) is 0 Å². The van der Waals surface area contributed by atoms with E-state index in [0.29, 0.717) is 11.3 Å². The van der Waals surface area contributed by atoms with Gasteiger partial charge in [0.25, 0.3) is 0 Å². The van der Waals surface area contributed by atoms with Gasteiger partial charge in [-0.15, -0.1) is 0 Å². The average molecular weight is 363 g/mol. The molecule has 138 valence electrons. The van der Waals surface area contributed by atoms with Crippen LogP contribution in [0.4, 0.5) is 0 Å². The fourth-order valence-corrected chi connectivity index (χ4v) is 4.54. The van der Waals surface area contributed by atoms with Crippen molar-refractivity contribution in [1.82, 2.24) is 19.8 Å². The molecule has 1 aromatic heterocycles. The number of hydrogen-bond donors (Lipinski definition) is 0. The minimum Gasteiger partial charge on any atom is -0.342 e. The number of rotatable bonds is 6. The molecular weight excluding hydrogens is 332 g/mol. The van der Waals surface area contributed by atoms with Crippen molar-refractivity contribution >= 4 is 17.7 Å². The van der Waals surface area contributed by atoms with Gasteiger partial charge in [0.05, 0.1) is 0 Å². The summed E-state index contributed by atoms with van der Waals surface area (Å²) in [7, 11) is 0. The van der Waals surface area contributed by atoms with Crippen LogP contribution in [0.15, 0.2) is 17.6 Å². The van der Waals surface area contributed by atoms with Crippen molar-refractivity contribution in [3.8, 4) is 0 Å². The highest BCUT2D eigenvalue weighted by Crippen LogP contribution is 2.39. The average Bonchev–Trinajstić information content (AvgIpc) is 2.64. The Labute approximate surface area is 155 Å². The number of piperidine rings is 2. The second-order valence-corrected chi connectivity index (χ2v) is 8.33. The van der Waals surface area contributed by atoms with E-state index in [2.05, 4.69) is 26.7 Å². The van der Waals surface area contributed by atoms with Crippen LogP contribution in [0.1, 0.15) is 51.0 Å². The summed E-state index contributed by atoms with van der Waals surface area (Å²) in [6.45, 7) is 7.21. The molecule has 0 bridgehead atoms. The number of likely N-dealkylation sites (tertiary alicyclic amines) is 2. The van der Waals surface area contributed by atoms with Crippen molar-refractivity contribution in [2.45, 2.75) is 57.1 Å². The first-order valence-electron chi connectivity index (χ1n) is 9.49. The minimum absolute atomic E-state index is 0.292. The first-order valence-corrected chi connectivity index (χ1v) is 10.7. The molecule has 0 radical (unpaired) electrons. The van der Waals surface area contributed by atoms with E-state index in [0.717, 1.165) is 63.6 Å². The third-order valence-electron chi connectivity index (χ3n) is 5.54. The molecule has 2 saturated heterocycles. The standard InChI is InChI=1S/C19H30N4OS/c1-3-4-10-23-15-19(8-6-17(23)24)7-5-9-22(14-19)13-16-11-20-18(25-2)21-12-16/h11-12H,3-10,13-15H2,1-2H3/t19-/m0/s1. The smallest absolute Gasteiger partial charge is 0.222 e. The highest BCUT2D eigenvalue weighted by Gasteiger charge is 2.41. The Morgan fingerprint density at radius 2 is 2.04 bits per heavy atom. The van der Waals surface area contributed by atoms with Crippen molar-refractivity contribution in [3.05, 3.63) is 18.0 Å². The second kappa shape index (κ2) is 8.49. The molecule has 0 saturated carbocycles. The number of unbranched alkanes of at least 4 members (excludes halogenated alkanes) is 1. The number of carbonyl (C=O) groups excluding carboxylic acids is 1. The van der Waals surface area contributed by atoms with Crippen molar-refractivity contribution in [2.24, 2.45) is 5.41 Å². The van der Waals surface area contributed by atoms with E-state index in [-0.39, 0.29) is 0 Å². The fourth-order valence-electron chi connectivity index (χ4n) is 4.22. The van der Waals surface area contributed by atoms with Gasteiger partial charge in [-0.2, -0.15) is 0 Å². The zero-order valence-corrected chi connectivity index (χ0v) is 16.4. The lowest BCUT2D eigenvalue weighted by atomic mass is 9.73. The highest BCUT2D eigenvalue weighted by molar-refractivity contribution is 7.98. The van der Waals surface area contributed by atoms with Gasteiger partial charge >= 0.3 is 0 Å². The summed E-state index contributed by atoms with van der Waals surface area (Å²) in [5.41, 5.74) is 1.48. The van der Waals surface area contributed by atoms with Crippen molar-refractivity contribution in [2.75, 3.05) is 32.4 Å². The number of amides is 1. The molecule has 0 N–H and O–H groups in total. The van der Waals surface area contributed by atoms with Crippen LogP contribution in [-0.4, -0.2) is 58.1 Å². The molecule has 1 spiro atoms. The van der Waals surface area contributed by atoms with Crippen LogP contribution in [-0.2, 0) is 11.3 Å². The molecule has 2 aliphatic heterocycles. The van der Waals surface area contributed by atoms with Gasteiger partial charge in [0.2, 0.25) is 5.91 Å². The van der Waals surface area contributed by atoms with Crippen LogP contribution >= 0.6 is 11.8 Å². The summed E-state index contributed by atoms with van der Waals surface area (Å²) in [5, 5.41) is 0.830. The minimum atomic E-state index is 0.292. The summed E-state index contributed by atoms with van der Waals surface area (Å²) < 4.78 is 0. The van der Waals surface area contributed by atoms with Gasteiger partial charge in [0, 0.05) is 56.0 Å². The van der Waals surface area contributed by atoms with Crippen molar-refractivity contribution in [3.63, 3.8) is 0 Å². The fraction of sp³-hybridized carbons (Fsp3) is 0.737. The number of thioether (sulfide) groups is 1. The predicted molar refractivity (Wildman–Crippen MR) is 101 cm³/mol. The Bertz CT molecular complexity index is 579. The van der Waals surface area contributed by atoms with Crippen LogP contribution < -0.4 is 0 Å². The quantitative estimate of drug-likeness (QED) is 0.574. The molecular formula is C19H30N4OS. The Kier molecular flexibility index (Phi) is 6.34. The molecule has 2 fully saturated rings. The Hall–Kier alpha value is -1.14. The van der Waals surface area contributed by atoms with Crippen LogP contribution in [0.5, 0.6) is 0 Å². The molecule has 6 heteroatoms. The van der Waals surface area contributed by atoms with Crippen molar-refractivity contribution < 1.29 is 4.79 Å². The predicted octanol–water partition coefficient (Wildman–Crippen LogP) is 3.20. The van der Waals surface area contributed by atoms with Gasteiger partial charge in [-0.05, 0) is 38.5 Å². The van der Waals surface area contributed by atoms with E-state index >= 15 is 0 Å². The second-order valence-electron chi connectivity index (χ2n) is 7.56. The molecule has 5 nitrogen and oxygen atoms in total. The summed E-state index contributed by atoms with van der Waals surface area (Å²) in [5.74, 6) is 0.359. The molecule has 0 aliphatic carbocycles. The highest BCUT2D eigenvalue weighted by atomic mass is 32.2. The van der Waals surface area contributed by atoms with Gasteiger partial charge in [-0.3, -0.25) is 9.69 Å². The lowest BCUT2D eigenvalue weighted by Crippen LogP contribution is -2.53. The van der Waals surface area contributed by atoms with E-state index in [1.54, 1.807) is 11.8 Å². The number of hydrogen-bond acceptors (Lipinski definition) is 5. The Morgan fingerprint density at radius 3 is 2.76 bits per heavy atom. The van der Waals surface area contributed by atoms with Crippen LogP contribution in [0.3, 0.4) is 0 Å². The summed E-state index contributed by atoms with van der Waals surface area (Å²) in [4.78, 5) is 25.7. The monoisotopic (exact) mass is 362 g/mol. The van der Waals surface area contributed by atoms with E-state index < -0.39 is 0 Å². The Morgan fingerprint density at radius 1 is 1.24 bits per heavy atom. The van der Waals surface area contributed by atoms with E-state index in [1.807, 2.05) is 18.6 Å². The third kappa shape index (κ3) is 4.73. The van der Waals surface area contributed by atoms with Crippen LogP contribution in [0.25, 0.3) is 0 Å². The SMILES string of the molecule is CCCCN1C[C@@]2(CCCN(Cc3cnc(SC)nc3)C2)CCC1=O. The normalized spacial score (nSPS) is 24.9. The van der Waals surface area contributed by atoms with E-state index in [4.69, 9.17) is 0 Å². The van der Waals surface area contributed by atoms with Gasteiger partial charge in [0.1, 0.15) is 0 Å². The maximum absolute atomic E-state index is 12.3. The summed E-state index contributed by atoms with van der Waals surface area (Å²) >= 11 is 1.57. The lowest BCUT2D eigenvalue weighted by molar-refractivity contribution is -0.139. The zero-order chi connectivity index (χ0) is 17.7. The summed E-state index contributed by atoms with van der Waals surface area (Å²) in [6, 6.07) is 0. The molecule has 25 heavy (non-hydrogen) atoms. The topological polar surface area (TPSA) is 49.3 Å². The number of carbonyl (C=O) groups is 1. The molecule has 1 aromatic rings. The van der Waals surface area contributed by atoms with Gasteiger partial charge in [0.15, 0.2) is 5.16 Å². The number of aromatic nitrogens is 2. The zero-order valence-electron chi connectivity index (χ0n) is 15.5.